The molecular formula is C19H18N2O5. The minimum Gasteiger partial charge on any atom is -0.505 e. The third-order valence-electron chi connectivity index (χ3n) is 4.40. The van der Waals surface area contributed by atoms with Gasteiger partial charge in [0.2, 0.25) is 0 Å². The van der Waals surface area contributed by atoms with Gasteiger partial charge in [-0.2, -0.15) is 0 Å². The molecular weight excluding hydrogens is 336 g/mol. The van der Waals surface area contributed by atoms with E-state index < -0.39 is 41.1 Å². The number of rotatable bonds is 4. The molecule has 1 aromatic carbocycles. The molecule has 7 heteroatoms. The van der Waals surface area contributed by atoms with Gasteiger partial charge in [-0.05, 0) is 31.5 Å². The summed E-state index contributed by atoms with van der Waals surface area (Å²) in [6.07, 6.45) is 0. The summed E-state index contributed by atoms with van der Waals surface area (Å²) in [5.41, 5.74) is 0.365. The van der Waals surface area contributed by atoms with E-state index in [1.165, 1.54) is 0 Å². The lowest BCUT2D eigenvalue weighted by molar-refractivity contribution is -0.138. The molecule has 26 heavy (non-hydrogen) atoms. The van der Waals surface area contributed by atoms with Crippen LogP contribution in [0.5, 0.6) is 0 Å². The number of hydrogen-bond donors (Lipinski definition) is 3. The van der Waals surface area contributed by atoms with Gasteiger partial charge in [0.15, 0.2) is 11.5 Å². The topological polar surface area (TPSA) is 109 Å². The maximum atomic E-state index is 12.9. The Bertz CT molecular complexity index is 938. The number of carboxylic acid groups (broad SMARTS) is 1. The van der Waals surface area contributed by atoms with Crippen molar-refractivity contribution in [2.24, 2.45) is 0 Å². The number of carbonyl (C=O) groups excluding carboxylic acids is 2. The zero-order valence-electron chi connectivity index (χ0n) is 14.3. The predicted octanol–water partition coefficient (Wildman–Crippen LogP) is 1.94. The highest BCUT2D eigenvalue weighted by molar-refractivity contribution is 6.27. The number of nitrogens with zero attached hydrogens (tertiary/aromatic N) is 1. The van der Waals surface area contributed by atoms with Crippen LogP contribution in [0.4, 0.5) is 0 Å². The molecule has 0 spiro atoms. The number of aliphatic hydroxyl groups excluding tert-OH is 1. The molecule has 2 aromatic rings. The van der Waals surface area contributed by atoms with Crippen LogP contribution in [0.15, 0.2) is 48.0 Å². The summed E-state index contributed by atoms with van der Waals surface area (Å²) < 4.78 is 1.69. The summed E-state index contributed by atoms with van der Waals surface area (Å²) >= 11 is 0. The van der Waals surface area contributed by atoms with Gasteiger partial charge >= 0.3 is 5.97 Å². The van der Waals surface area contributed by atoms with Gasteiger partial charge in [-0.3, -0.25) is 14.4 Å². The number of benzene rings is 1. The SMILES string of the molecule is CC1(C)C(=O)C(C(=O)NCC(=O)O)=C(O)c2ccc(-c3ccccc3)n21. The van der Waals surface area contributed by atoms with Crippen LogP contribution in [0.1, 0.15) is 19.5 Å². The molecule has 1 amide bonds. The molecule has 0 atom stereocenters. The first kappa shape index (κ1) is 17.5. The molecule has 2 heterocycles. The van der Waals surface area contributed by atoms with Crippen molar-refractivity contribution in [1.82, 2.24) is 9.88 Å². The van der Waals surface area contributed by atoms with Gasteiger partial charge in [-0.15, -0.1) is 0 Å². The molecule has 0 aliphatic carbocycles. The summed E-state index contributed by atoms with van der Waals surface area (Å²) in [6.45, 7) is 2.67. The fraction of sp³-hybridized carbons (Fsp3) is 0.211. The molecule has 3 N–H and O–H groups in total. The Labute approximate surface area is 149 Å². The number of fused-ring (bicyclic) bond motifs is 1. The summed E-state index contributed by atoms with van der Waals surface area (Å²) in [5, 5.41) is 21.4. The number of aliphatic carboxylic acids is 1. The molecule has 0 bridgehead atoms. The normalized spacial score (nSPS) is 15.5. The Morgan fingerprint density at radius 1 is 1.08 bits per heavy atom. The lowest BCUT2D eigenvalue weighted by Crippen LogP contribution is -2.46. The zero-order valence-corrected chi connectivity index (χ0v) is 14.3. The van der Waals surface area contributed by atoms with Crippen LogP contribution >= 0.6 is 0 Å². The van der Waals surface area contributed by atoms with Gasteiger partial charge in [0, 0.05) is 5.69 Å². The molecule has 3 rings (SSSR count). The Balaban J connectivity index is 2.14. The van der Waals surface area contributed by atoms with Crippen LogP contribution in [0.25, 0.3) is 17.0 Å². The van der Waals surface area contributed by atoms with Gasteiger partial charge in [-0.25, -0.2) is 0 Å². The van der Waals surface area contributed by atoms with Gasteiger partial charge in [-0.1, -0.05) is 30.3 Å². The number of Topliss-reactive ketones (excluding diaryl/α,β-unsaturated/α-hetero) is 1. The summed E-state index contributed by atoms with van der Waals surface area (Å²) in [5.74, 6) is -3.19. The van der Waals surface area contributed by atoms with Crippen molar-refractivity contribution in [2.75, 3.05) is 6.54 Å². The van der Waals surface area contributed by atoms with E-state index in [1.54, 1.807) is 30.5 Å². The van der Waals surface area contributed by atoms with Gasteiger partial charge in [0.05, 0.1) is 5.69 Å². The first-order valence-corrected chi connectivity index (χ1v) is 8.01. The molecule has 0 unspecified atom stereocenters. The van der Waals surface area contributed by atoms with Crippen molar-refractivity contribution >= 4 is 23.4 Å². The fourth-order valence-electron chi connectivity index (χ4n) is 3.16. The Morgan fingerprint density at radius 3 is 2.31 bits per heavy atom. The number of hydrogen-bond acceptors (Lipinski definition) is 4. The highest BCUT2D eigenvalue weighted by Crippen LogP contribution is 2.39. The first-order chi connectivity index (χ1) is 12.2. The van der Waals surface area contributed by atoms with Gasteiger partial charge in [0.25, 0.3) is 5.91 Å². The average Bonchev–Trinajstić information content (AvgIpc) is 3.06. The molecule has 0 fully saturated rings. The summed E-state index contributed by atoms with van der Waals surface area (Å²) in [6, 6.07) is 12.8. The second-order valence-electron chi connectivity index (χ2n) is 6.49. The van der Waals surface area contributed by atoms with E-state index in [0.29, 0.717) is 5.69 Å². The van der Waals surface area contributed by atoms with E-state index in [-0.39, 0.29) is 0 Å². The highest BCUT2D eigenvalue weighted by Gasteiger charge is 2.44. The van der Waals surface area contributed by atoms with Crippen LogP contribution in [0.3, 0.4) is 0 Å². The quantitative estimate of drug-likeness (QED) is 0.727. The Kier molecular flexibility index (Phi) is 4.15. The van der Waals surface area contributed by atoms with Crippen LogP contribution in [-0.4, -0.2) is 39.0 Å². The second-order valence-corrected chi connectivity index (χ2v) is 6.49. The van der Waals surface area contributed by atoms with Gasteiger partial charge < -0.3 is 20.1 Å². The van der Waals surface area contributed by atoms with Crippen molar-refractivity contribution < 1.29 is 24.6 Å². The van der Waals surface area contributed by atoms with E-state index in [9.17, 15) is 19.5 Å². The molecule has 134 valence electrons. The largest absolute Gasteiger partial charge is 0.505 e. The third-order valence-corrected chi connectivity index (χ3v) is 4.40. The van der Waals surface area contributed by atoms with E-state index >= 15 is 0 Å². The maximum Gasteiger partial charge on any atom is 0.322 e. The number of aliphatic hydroxyl groups is 1. The number of aromatic nitrogens is 1. The molecule has 0 saturated carbocycles. The number of nitrogens with one attached hydrogen (secondary N) is 1. The predicted molar refractivity (Wildman–Crippen MR) is 94.4 cm³/mol. The average molecular weight is 354 g/mol. The smallest absolute Gasteiger partial charge is 0.322 e. The number of carboxylic acids is 1. The lowest BCUT2D eigenvalue weighted by Gasteiger charge is -2.34. The van der Waals surface area contributed by atoms with Crippen LogP contribution in [0.2, 0.25) is 0 Å². The molecule has 1 aliphatic heterocycles. The summed E-state index contributed by atoms with van der Waals surface area (Å²) in [7, 11) is 0. The minimum absolute atomic E-state index is 0.328. The lowest BCUT2D eigenvalue weighted by atomic mass is 9.87. The van der Waals surface area contributed by atoms with E-state index in [0.717, 1.165) is 11.3 Å². The van der Waals surface area contributed by atoms with Crippen molar-refractivity contribution in [3.8, 4) is 11.3 Å². The Morgan fingerprint density at radius 2 is 1.69 bits per heavy atom. The van der Waals surface area contributed by atoms with Crippen LogP contribution < -0.4 is 5.32 Å². The van der Waals surface area contributed by atoms with Crippen molar-refractivity contribution in [3.63, 3.8) is 0 Å². The molecule has 0 saturated heterocycles. The van der Waals surface area contributed by atoms with Gasteiger partial charge in [0.1, 0.15) is 17.7 Å². The van der Waals surface area contributed by atoms with Crippen molar-refractivity contribution in [3.05, 3.63) is 53.7 Å². The van der Waals surface area contributed by atoms with Crippen molar-refractivity contribution in [2.45, 2.75) is 19.4 Å². The Hall–Kier alpha value is -3.35. The number of amides is 1. The minimum atomic E-state index is -1.24. The molecule has 1 aromatic heterocycles. The molecule has 0 radical (unpaired) electrons. The number of carbonyl (C=O) groups is 3. The standard InChI is InChI=1S/C19H18N2O5/c1-19(2)17(25)15(18(26)20-10-14(22)23)16(24)13-9-8-12(21(13)19)11-6-4-3-5-7-11/h3-9,24H,10H2,1-2H3,(H,20,26)(H,22,23). The monoisotopic (exact) mass is 354 g/mol. The molecule has 7 nitrogen and oxygen atoms in total. The third kappa shape index (κ3) is 2.67. The van der Waals surface area contributed by atoms with Crippen LogP contribution in [-0.2, 0) is 19.9 Å². The second kappa shape index (κ2) is 6.18. The van der Waals surface area contributed by atoms with Crippen molar-refractivity contribution in [1.29, 1.82) is 0 Å². The van der Waals surface area contributed by atoms with E-state index in [1.807, 2.05) is 30.3 Å². The number of ketones is 1. The van der Waals surface area contributed by atoms with E-state index in [4.69, 9.17) is 5.11 Å². The molecule has 1 aliphatic rings. The maximum absolute atomic E-state index is 12.9. The fourth-order valence-corrected chi connectivity index (χ4v) is 3.16. The zero-order chi connectivity index (χ0) is 19.1. The summed E-state index contributed by atoms with van der Waals surface area (Å²) in [4.78, 5) is 35.9. The highest BCUT2D eigenvalue weighted by atomic mass is 16.4. The van der Waals surface area contributed by atoms with Crippen LogP contribution in [0, 0.1) is 0 Å². The van der Waals surface area contributed by atoms with E-state index in [2.05, 4.69) is 5.32 Å². The first-order valence-electron chi connectivity index (χ1n) is 8.01.